The summed E-state index contributed by atoms with van der Waals surface area (Å²) in [5.41, 5.74) is -2.91. The number of carbonyl (C=O) groups is 1. The zero-order valence-electron chi connectivity index (χ0n) is 11.7. The summed E-state index contributed by atoms with van der Waals surface area (Å²) in [6, 6.07) is 0. The van der Waals surface area contributed by atoms with E-state index in [2.05, 4.69) is 5.10 Å². The SMILES string of the molecule is CC(C)C(=O)N1N=C2CC[C@@H](C)C[C@H]2[C@]1(O)C(F)(F)F. The molecular weight excluding hydrogens is 273 g/mol. The first kappa shape index (κ1) is 15.3. The molecule has 0 saturated heterocycles. The van der Waals surface area contributed by atoms with Gasteiger partial charge in [-0.1, -0.05) is 20.8 Å². The van der Waals surface area contributed by atoms with E-state index in [1.165, 1.54) is 13.8 Å². The molecule has 0 aromatic heterocycles. The van der Waals surface area contributed by atoms with Crippen LogP contribution in [0.15, 0.2) is 5.10 Å². The van der Waals surface area contributed by atoms with Crippen molar-refractivity contribution >= 4 is 11.6 Å². The van der Waals surface area contributed by atoms with Gasteiger partial charge in [-0.05, 0) is 25.2 Å². The van der Waals surface area contributed by atoms with Crippen molar-refractivity contribution in [3.63, 3.8) is 0 Å². The van der Waals surface area contributed by atoms with Gasteiger partial charge in [-0.25, -0.2) is 0 Å². The number of carbonyl (C=O) groups excluding carboxylic acids is 1. The van der Waals surface area contributed by atoms with Gasteiger partial charge in [0.15, 0.2) is 0 Å². The van der Waals surface area contributed by atoms with Crippen molar-refractivity contribution in [2.24, 2.45) is 22.9 Å². The van der Waals surface area contributed by atoms with Crippen molar-refractivity contribution in [1.29, 1.82) is 0 Å². The second-order valence-corrected chi connectivity index (χ2v) is 6.05. The molecule has 7 heteroatoms. The molecule has 1 aliphatic heterocycles. The molecule has 2 aliphatic rings. The van der Waals surface area contributed by atoms with Crippen LogP contribution in [0, 0.1) is 17.8 Å². The smallest absolute Gasteiger partial charge is 0.362 e. The molecule has 0 radical (unpaired) electrons. The van der Waals surface area contributed by atoms with Gasteiger partial charge in [-0.2, -0.15) is 23.3 Å². The van der Waals surface area contributed by atoms with E-state index in [-0.39, 0.29) is 23.1 Å². The summed E-state index contributed by atoms with van der Waals surface area (Å²) < 4.78 is 40.2. The summed E-state index contributed by atoms with van der Waals surface area (Å²) in [6.07, 6.45) is -3.61. The van der Waals surface area contributed by atoms with Gasteiger partial charge in [0.1, 0.15) is 0 Å². The fourth-order valence-corrected chi connectivity index (χ4v) is 2.87. The fraction of sp³-hybridized carbons (Fsp3) is 0.846. The van der Waals surface area contributed by atoms with Crippen LogP contribution in [0.5, 0.6) is 0 Å². The lowest BCUT2D eigenvalue weighted by molar-refractivity contribution is -0.318. The molecule has 1 N–H and O–H groups in total. The highest BCUT2D eigenvalue weighted by molar-refractivity contribution is 5.93. The standard InChI is InChI=1S/C13H19F3N2O2/c1-7(2)11(19)18-12(20,13(14,15)16)9-6-8(3)4-5-10(9)17-18/h7-9,20H,4-6H2,1-3H3/t8-,9-,12+/m1/s1. The number of hydrazone groups is 1. The summed E-state index contributed by atoms with van der Waals surface area (Å²) >= 11 is 0. The first-order valence-electron chi connectivity index (χ1n) is 6.79. The summed E-state index contributed by atoms with van der Waals surface area (Å²) in [5.74, 6) is -2.54. The van der Waals surface area contributed by atoms with Gasteiger partial charge in [-0.3, -0.25) is 4.79 Å². The summed E-state index contributed by atoms with van der Waals surface area (Å²) in [7, 11) is 0. The lowest BCUT2D eigenvalue weighted by Crippen LogP contribution is -2.62. The molecule has 1 aliphatic carbocycles. The minimum absolute atomic E-state index is 0.0712. The van der Waals surface area contributed by atoms with E-state index in [9.17, 15) is 23.1 Å². The lowest BCUT2D eigenvalue weighted by Gasteiger charge is -2.39. The highest BCUT2D eigenvalue weighted by atomic mass is 19.4. The minimum Gasteiger partial charge on any atom is -0.362 e. The topological polar surface area (TPSA) is 52.9 Å². The molecule has 2 rings (SSSR count). The second-order valence-electron chi connectivity index (χ2n) is 6.05. The van der Waals surface area contributed by atoms with Gasteiger partial charge in [0, 0.05) is 11.6 Å². The number of alkyl halides is 3. The summed E-state index contributed by atoms with van der Waals surface area (Å²) in [5, 5.41) is 14.4. The van der Waals surface area contributed by atoms with Gasteiger partial charge in [0.05, 0.1) is 5.92 Å². The first-order chi connectivity index (χ1) is 9.09. The molecule has 1 amide bonds. The predicted molar refractivity (Wildman–Crippen MR) is 66.6 cm³/mol. The molecule has 20 heavy (non-hydrogen) atoms. The van der Waals surface area contributed by atoms with Crippen molar-refractivity contribution < 1.29 is 23.1 Å². The zero-order chi connectivity index (χ0) is 15.3. The van der Waals surface area contributed by atoms with Crippen LogP contribution in [0.4, 0.5) is 13.2 Å². The number of nitrogens with zero attached hydrogens (tertiary/aromatic N) is 2. The quantitative estimate of drug-likeness (QED) is 0.807. The zero-order valence-corrected chi connectivity index (χ0v) is 11.7. The van der Waals surface area contributed by atoms with Crippen molar-refractivity contribution in [2.45, 2.75) is 51.9 Å². The first-order valence-corrected chi connectivity index (χ1v) is 6.79. The number of aliphatic hydroxyl groups is 1. The third kappa shape index (κ3) is 2.12. The highest BCUT2D eigenvalue weighted by Gasteiger charge is 2.68. The van der Waals surface area contributed by atoms with Gasteiger partial charge in [-0.15, -0.1) is 0 Å². The molecule has 0 aromatic carbocycles. The fourth-order valence-electron chi connectivity index (χ4n) is 2.87. The van der Waals surface area contributed by atoms with E-state index < -0.39 is 29.6 Å². The molecule has 114 valence electrons. The van der Waals surface area contributed by atoms with Gasteiger partial charge >= 0.3 is 6.18 Å². The molecule has 1 fully saturated rings. The maximum atomic E-state index is 13.4. The average molecular weight is 292 g/mol. The van der Waals surface area contributed by atoms with Crippen LogP contribution >= 0.6 is 0 Å². The Morgan fingerprint density at radius 2 is 2.10 bits per heavy atom. The Balaban J connectivity index is 2.45. The number of amides is 1. The van der Waals surface area contributed by atoms with Crippen LogP contribution in [0.3, 0.4) is 0 Å². The Labute approximate surface area is 115 Å². The van der Waals surface area contributed by atoms with Crippen LogP contribution in [0.25, 0.3) is 0 Å². The lowest BCUT2D eigenvalue weighted by atomic mass is 9.76. The Hall–Kier alpha value is -1.11. The van der Waals surface area contributed by atoms with Crippen LogP contribution in [-0.2, 0) is 4.79 Å². The third-order valence-electron chi connectivity index (χ3n) is 4.09. The van der Waals surface area contributed by atoms with Crippen LogP contribution in [0.1, 0.15) is 40.0 Å². The number of rotatable bonds is 1. The predicted octanol–water partition coefficient (Wildman–Crippen LogP) is 2.53. The summed E-state index contributed by atoms with van der Waals surface area (Å²) in [4.78, 5) is 12.0. The molecule has 0 bridgehead atoms. The van der Waals surface area contributed by atoms with E-state index in [4.69, 9.17) is 0 Å². The number of fused-ring (bicyclic) bond motifs is 1. The largest absolute Gasteiger partial charge is 0.439 e. The van der Waals surface area contributed by atoms with Gasteiger partial charge < -0.3 is 5.11 Å². The van der Waals surface area contributed by atoms with Gasteiger partial charge in [0.2, 0.25) is 5.91 Å². The van der Waals surface area contributed by atoms with Crippen molar-refractivity contribution in [3.05, 3.63) is 0 Å². The maximum Gasteiger partial charge on any atom is 0.439 e. The molecule has 0 unspecified atom stereocenters. The molecule has 3 atom stereocenters. The Kier molecular flexibility index (Phi) is 3.60. The number of hydrogen-bond acceptors (Lipinski definition) is 3. The normalized spacial score (nSPS) is 34.2. The third-order valence-corrected chi connectivity index (χ3v) is 4.09. The highest BCUT2D eigenvalue weighted by Crippen LogP contribution is 2.49. The van der Waals surface area contributed by atoms with Crippen LogP contribution < -0.4 is 0 Å². The monoisotopic (exact) mass is 292 g/mol. The second kappa shape index (κ2) is 4.72. The average Bonchev–Trinajstić information content (AvgIpc) is 2.62. The number of hydrogen-bond donors (Lipinski definition) is 1. The van der Waals surface area contributed by atoms with E-state index >= 15 is 0 Å². The van der Waals surface area contributed by atoms with Crippen LogP contribution in [-0.4, -0.2) is 33.6 Å². The van der Waals surface area contributed by atoms with E-state index in [1.807, 2.05) is 6.92 Å². The number of halogens is 3. The van der Waals surface area contributed by atoms with Crippen LogP contribution in [0.2, 0.25) is 0 Å². The van der Waals surface area contributed by atoms with Crippen molar-refractivity contribution in [1.82, 2.24) is 5.01 Å². The molecule has 1 heterocycles. The Morgan fingerprint density at radius 1 is 1.50 bits per heavy atom. The molecule has 4 nitrogen and oxygen atoms in total. The minimum atomic E-state index is -4.93. The Morgan fingerprint density at radius 3 is 2.60 bits per heavy atom. The van der Waals surface area contributed by atoms with E-state index in [0.29, 0.717) is 6.42 Å². The Bertz CT molecular complexity index is 447. The molecule has 1 saturated carbocycles. The molecule has 0 spiro atoms. The molecular formula is C13H19F3N2O2. The maximum absolute atomic E-state index is 13.4. The van der Waals surface area contributed by atoms with Gasteiger partial charge in [0.25, 0.3) is 5.72 Å². The molecule has 0 aromatic rings. The van der Waals surface area contributed by atoms with E-state index in [1.54, 1.807) is 0 Å². The van der Waals surface area contributed by atoms with E-state index in [0.717, 1.165) is 6.42 Å². The summed E-state index contributed by atoms with van der Waals surface area (Å²) in [6.45, 7) is 4.83. The van der Waals surface area contributed by atoms with Crippen molar-refractivity contribution in [2.75, 3.05) is 0 Å². The van der Waals surface area contributed by atoms with Crippen molar-refractivity contribution in [3.8, 4) is 0 Å².